The highest BCUT2D eigenvalue weighted by Crippen LogP contribution is 2.35. The van der Waals surface area contributed by atoms with E-state index in [1.807, 2.05) is 0 Å². The van der Waals surface area contributed by atoms with Crippen molar-refractivity contribution in [1.82, 2.24) is 16.0 Å². The van der Waals surface area contributed by atoms with Crippen molar-refractivity contribution in [2.75, 3.05) is 45.9 Å². The highest BCUT2D eigenvalue weighted by molar-refractivity contribution is 5.82. The van der Waals surface area contributed by atoms with Crippen LogP contribution in [0.5, 0.6) is 0 Å². The molecule has 0 radical (unpaired) electrons. The van der Waals surface area contributed by atoms with Crippen LogP contribution in [0.2, 0.25) is 0 Å². The number of hydrogen-bond acceptors (Lipinski definition) is 20. The first-order chi connectivity index (χ1) is 26.9. The standard InChI is InChI=1S/C34H61F2N7O14/c1-14-21(45)23(47)19(9-37)53-30(14)56-26-20(11-44)54-32(24(26)48)57-27-22(46)18(43-29(50)28(49)34(35,36)12-38)8-17(40)25(27)55-31-16(39)3-2-15(52-31)10-42-13-33(51)4-6-41-7-5-33/h2-3,14-28,30-32,41-42,44-49,51H,4-13,37-40H2,1H3,(H,43,50)/t14-,15+,16-,17+,18-,19+,20-,21-,22+,23-,24-,25-,26-,27-,28?,30-,31-,32+/m1/s1. The van der Waals surface area contributed by atoms with Crippen LogP contribution in [0, 0.1) is 5.92 Å². The Labute approximate surface area is 328 Å². The van der Waals surface area contributed by atoms with E-state index in [2.05, 4.69) is 16.0 Å². The van der Waals surface area contributed by atoms with E-state index >= 15 is 0 Å². The van der Waals surface area contributed by atoms with Crippen molar-refractivity contribution < 1.29 is 77.7 Å². The van der Waals surface area contributed by atoms with Gasteiger partial charge in [0.15, 0.2) is 25.0 Å². The summed E-state index contributed by atoms with van der Waals surface area (Å²) in [4.78, 5) is 12.7. The summed E-state index contributed by atoms with van der Waals surface area (Å²) >= 11 is 0. The second kappa shape index (κ2) is 19.8. The lowest BCUT2D eigenvalue weighted by molar-refractivity contribution is -0.296. The van der Waals surface area contributed by atoms with Gasteiger partial charge in [0.1, 0.15) is 48.8 Å². The Morgan fingerprint density at radius 3 is 2.23 bits per heavy atom. The van der Waals surface area contributed by atoms with Gasteiger partial charge in [0.2, 0.25) is 0 Å². The predicted molar refractivity (Wildman–Crippen MR) is 192 cm³/mol. The van der Waals surface area contributed by atoms with E-state index in [0.29, 0.717) is 32.5 Å². The van der Waals surface area contributed by atoms with Crippen molar-refractivity contribution >= 4 is 5.91 Å². The zero-order valence-corrected chi connectivity index (χ0v) is 31.7. The highest BCUT2D eigenvalue weighted by Gasteiger charge is 2.54. The Balaban J connectivity index is 1.33. The molecule has 1 unspecified atom stereocenters. The van der Waals surface area contributed by atoms with Gasteiger partial charge in [0.05, 0.1) is 43.0 Å². The normalized spacial score (nSPS) is 43.2. The maximum Gasteiger partial charge on any atom is 0.294 e. The summed E-state index contributed by atoms with van der Waals surface area (Å²) in [5.74, 6) is -6.39. The number of rotatable bonds is 16. The maximum atomic E-state index is 14.1. The minimum atomic E-state index is -4.00. The Morgan fingerprint density at radius 1 is 0.930 bits per heavy atom. The lowest BCUT2D eigenvalue weighted by atomic mass is 9.83. The first-order valence-corrected chi connectivity index (χ1v) is 19.3. The molecule has 330 valence electrons. The molecule has 0 spiro atoms. The van der Waals surface area contributed by atoms with Gasteiger partial charge in [-0.25, -0.2) is 8.78 Å². The van der Waals surface area contributed by atoms with Gasteiger partial charge < -0.3 is 103 Å². The van der Waals surface area contributed by atoms with Gasteiger partial charge in [0.25, 0.3) is 11.8 Å². The largest absolute Gasteiger partial charge is 0.394 e. The number of ether oxygens (including phenoxy) is 6. The fourth-order valence-corrected chi connectivity index (χ4v) is 7.70. The fraction of sp³-hybridized carbons (Fsp3) is 0.912. The number of amides is 1. The van der Waals surface area contributed by atoms with Crippen LogP contribution in [-0.2, 0) is 33.2 Å². The first kappa shape index (κ1) is 46.4. The minimum Gasteiger partial charge on any atom is -0.394 e. The molecule has 18 N–H and O–H groups in total. The average Bonchev–Trinajstić information content (AvgIpc) is 3.48. The summed E-state index contributed by atoms with van der Waals surface area (Å²) in [6, 6.07) is -3.42. The minimum absolute atomic E-state index is 0.174. The molecular weight excluding hydrogens is 768 g/mol. The van der Waals surface area contributed by atoms with E-state index in [1.165, 1.54) is 6.92 Å². The van der Waals surface area contributed by atoms with Gasteiger partial charge in [-0.3, -0.25) is 4.79 Å². The van der Waals surface area contributed by atoms with E-state index in [4.69, 9.17) is 51.4 Å². The van der Waals surface area contributed by atoms with Crippen molar-refractivity contribution in [3.63, 3.8) is 0 Å². The molecule has 4 aliphatic heterocycles. The van der Waals surface area contributed by atoms with Crippen molar-refractivity contribution in [1.29, 1.82) is 0 Å². The number of carbonyl (C=O) groups excluding carboxylic acids is 1. The number of carbonyl (C=O) groups is 1. The van der Waals surface area contributed by atoms with E-state index in [9.17, 15) is 49.3 Å². The lowest BCUT2D eigenvalue weighted by Gasteiger charge is -2.46. The molecule has 0 aromatic rings. The number of piperidine rings is 1. The van der Waals surface area contributed by atoms with Gasteiger partial charge >= 0.3 is 0 Å². The highest BCUT2D eigenvalue weighted by atomic mass is 19.3. The SMILES string of the molecule is C[C@H]1[C@@H](O[C@H]2[C@@H](O)[C@H](O[C@@H]3[C@@H](O)[C@H](NC(=O)C(O)C(F)(F)CN)C[C@H](N)[C@H]3O[C@H]3O[C@H](CNCC4(O)CCNCC4)C=C[C@H]3N)O[C@@H]2CO)O[C@@H](CN)[C@@H](O)[C@@H]1O. The number of alkyl halides is 2. The Bertz CT molecular complexity index is 1330. The Kier molecular flexibility index (Phi) is 16.1. The third-order valence-electron chi connectivity index (χ3n) is 11.4. The zero-order chi connectivity index (χ0) is 41.8. The number of nitrogens with one attached hydrogen (secondary N) is 3. The van der Waals surface area contributed by atoms with Crippen molar-refractivity contribution in [3.05, 3.63) is 12.2 Å². The van der Waals surface area contributed by atoms with Crippen LogP contribution >= 0.6 is 0 Å². The van der Waals surface area contributed by atoms with Crippen molar-refractivity contribution in [2.45, 2.75) is 142 Å². The van der Waals surface area contributed by atoms with Gasteiger partial charge in [-0.1, -0.05) is 19.1 Å². The zero-order valence-electron chi connectivity index (χ0n) is 31.7. The van der Waals surface area contributed by atoms with Gasteiger partial charge in [-0.15, -0.1) is 0 Å². The summed E-state index contributed by atoms with van der Waals surface area (Å²) in [7, 11) is 0. The van der Waals surface area contributed by atoms with Crippen LogP contribution in [0.25, 0.3) is 0 Å². The molecule has 1 aliphatic carbocycles. The molecule has 21 nitrogen and oxygen atoms in total. The first-order valence-electron chi connectivity index (χ1n) is 19.3. The molecule has 4 fully saturated rings. The molecule has 4 heterocycles. The van der Waals surface area contributed by atoms with Crippen LogP contribution in [0.4, 0.5) is 8.78 Å². The number of aliphatic hydroxyl groups is 7. The van der Waals surface area contributed by atoms with Gasteiger partial charge in [0, 0.05) is 31.6 Å². The Hall–Kier alpha value is -1.69. The van der Waals surface area contributed by atoms with Crippen LogP contribution in [0.15, 0.2) is 12.2 Å². The third-order valence-corrected chi connectivity index (χ3v) is 11.4. The van der Waals surface area contributed by atoms with Crippen molar-refractivity contribution in [2.24, 2.45) is 28.9 Å². The van der Waals surface area contributed by atoms with Gasteiger partial charge in [-0.05, 0) is 32.4 Å². The second-order valence-corrected chi connectivity index (χ2v) is 15.6. The molecule has 57 heavy (non-hydrogen) atoms. The molecule has 5 aliphatic rings. The summed E-state index contributed by atoms with van der Waals surface area (Å²) in [5, 5.41) is 83.7. The van der Waals surface area contributed by atoms with E-state index in [1.54, 1.807) is 12.2 Å². The summed E-state index contributed by atoms with van der Waals surface area (Å²) in [6.45, 7) is 1.22. The quantitative estimate of drug-likeness (QED) is 0.0643. The van der Waals surface area contributed by atoms with Crippen LogP contribution in [-0.4, -0.2) is 203 Å². The Morgan fingerprint density at radius 2 is 1.58 bits per heavy atom. The monoisotopic (exact) mass is 829 g/mol. The molecule has 3 saturated heterocycles. The molecule has 1 saturated carbocycles. The molecule has 23 heteroatoms. The molecular formula is C34H61F2N7O14. The topological polar surface area (TPSA) is 354 Å². The summed E-state index contributed by atoms with van der Waals surface area (Å²) < 4.78 is 64.3. The molecule has 0 aromatic heterocycles. The second-order valence-electron chi connectivity index (χ2n) is 15.6. The lowest BCUT2D eigenvalue weighted by Crippen LogP contribution is -2.67. The molecule has 18 atom stereocenters. The smallest absolute Gasteiger partial charge is 0.294 e. The van der Waals surface area contributed by atoms with E-state index in [0.717, 1.165) is 0 Å². The molecule has 1 amide bonds. The van der Waals surface area contributed by atoms with Gasteiger partial charge in [-0.2, -0.15) is 0 Å². The maximum absolute atomic E-state index is 14.1. The number of aliphatic hydroxyl groups excluding tert-OH is 6. The van der Waals surface area contributed by atoms with Crippen LogP contribution in [0.1, 0.15) is 26.2 Å². The van der Waals surface area contributed by atoms with Crippen molar-refractivity contribution in [3.8, 4) is 0 Å². The molecule has 5 rings (SSSR count). The van der Waals surface area contributed by atoms with Crippen LogP contribution in [0.3, 0.4) is 0 Å². The molecule has 0 aromatic carbocycles. The third kappa shape index (κ3) is 10.8. The summed E-state index contributed by atoms with van der Waals surface area (Å²) in [6.07, 6.45) is -16.2. The number of nitrogens with two attached hydrogens (primary N) is 4. The predicted octanol–water partition coefficient (Wildman–Crippen LogP) is -6.89. The van der Waals surface area contributed by atoms with E-state index < -0.39 is 141 Å². The van der Waals surface area contributed by atoms with E-state index in [-0.39, 0.29) is 19.5 Å². The number of halogens is 2. The van der Waals surface area contributed by atoms with Crippen LogP contribution < -0.4 is 38.9 Å². The summed E-state index contributed by atoms with van der Waals surface area (Å²) in [5.41, 5.74) is 22.7. The average molecular weight is 830 g/mol. The number of hydrogen-bond donors (Lipinski definition) is 14. The fourth-order valence-electron chi connectivity index (χ4n) is 7.70. The molecule has 0 bridgehead atoms.